The second-order valence-corrected chi connectivity index (χ2v) is 6.75. The van der Waals surface area contributed by atoms with E-state index >= 15 is 0 Å². The molecule has 0 spiro atoms. The lowest BCUT2D eigenvalue weighted by molar-refractivity contribution is -0.0432. The van der Waals surface area contributed by atoms with Crippen molar-refractivity contribution in [2.24, 2.45) is 0 Å². The number of aliphatic hydroxyl groups is 1. The molecular formula is C18H21N5O2. The van der Waals surface area contributed by atoms with Crippen LogP contribution in [0.1, 0.15) is 29.9 Å². The number of aryl methyl sites for hydroxylation is 1. The number of hydrogen-bond acceptors (Lipinski definition) is 6. The molecule has 3 aromatic rings. The number of hydrogen-bond donors (Lipinski definition) is 2. The van der Waals surface area contributed by atoms with E-state index in [0.717, 1.165) is 30.0 Å². The van der Waals surface area contributed by atoms with Gasteiger partial charge in [0, 0.05) is 18.2 Å². The van der Waals surface area contributed by atoms with Crippen LogP contribution >= 0.6 is 0 Å². The van der Waals surface area contributed by atoms with Crippen molar-refractivity contribution in [2.45, 2.75) is 31.9 Å². The second kappa shape index (κ2) is 6.42. The Balaban J connectivity index is 1.46. The summed E-state index contributed by atoms with van der Waals surface area (Å²) in [6.07, 6.45) is 3.16. The summed E-state index contributed by atoms with van der Waals surface area (Å²) >= 11 is 0. The van der Waals surface area contributed by atoms with E-state index in [9.17, 15) is 5.11 Å². The molecule has 7 nitrogen and oxygen atoms in total. The van der Waals surface area contributed by atoms with Crippen molar-refractivity contribution >= 4 is 0 Å². The second-order valence-electron chi connectivity index (χ2n) is 6.75. The maximum atomic E-state index is 10.9. The minimum Gasteiger partial charge on any atom is -0.382 e. The zero-order valence-electron chi connectivity index (χ0n) is 14.1. The summed E-state index contributed by atoms with van der Waals surface area (Å²) in [5.74, 6) is 0.792. The summed E-state index contributed by atoms with van der Waals surface area (Å²) in [7, 11) is 0. The van der Waals surface area contributed by atoms with Crippen molar-refractivity contribution in [2.75, 3.05) is 13.1 Å². The Morgan fingerprint density at radius 2 is 2.16 bits per heavy atom. The van der Waals surface area contributed by atoms with Crippen LogP contribution in [0, 0.1) is 6.92 Å². The highest BCUT2D eigenvalue weighted by Crippen LogP contribution is 2.30. The molecule has 0 aliphatic carbocycles. The number of nitrogens with zero attached hydrogens (tertiary/aromatic N) is 4. The Bertz CT molecular complexity index is 828. The van der Waals surface area contributed by atoms with Gasteiger partial charge in [-0.05, 0) is 26.3 Å². The molecule has 4 rings (SSSR count). The minimum absolute atomic E-state index is 0.500. The highest BCUT2D eigenvalue weighted by Gasteiger charge is 2.37. The van der Waals surface area contributed by atoms with E-state index in [0.29, 0.717) is 25.2 Å². The van der Waals surface area contributed by atoms with Gasteiger partial charge in [-0.25, -0.2) is 0 Å². The molecule has 0 bridgehead atoms. The van der Waals surface area contributed by atoms with Crippen LogP contribution in [0.5, 0.6) is 0 Å². The summed E-state index contributed by atoms with van der Waals surface area (Å²) in [6.45, 7) is 4.07. The molecule has 1 aliphatic rings. The summed E-state index contributed by atoms with van der Waals surface area (Å²) in [5, 5.41) is 25.5. The van der Waals surface area contributed by atoms with Gasteiger partial charge in [0.1, 0.15) is 17.0 Å². The first-order valence-electron chi connectivity index (χ1n) is 8.46. The summed E-state index contributed by atoms with van der Waals surface area (Å²) < 4.78 is 5.50. The van der Waals surface area contributed by atoms with Gasteiger partial charge in [-0.15, -0.1) is 0 Å². The number of aromatic nitrogens is 4. The van der Waals surface area contributed by atoms with Crippen LogP contribution in [0.4, 0.5) is 0 Å². The first-order valence-corrected chi connectivity index (χ1v) is 8.46. The number of aromatic amines is 1. The smallest absolute Gasteiger partial charge is 0.151 e. The van der Waals surface area contributed by atoms with E-state index in [1.807, 2.05) is 18.2 Å². The number of piperidine rings is 1. The molecule has 0 unspecified atom stereocenters. The van der Waals surface area contributed by atoms with Gasteiger partial charge < -0.3 is 9.63 Å². The Morgan fingerprint density at radius 1 is 1.32 bits per heavy atom. The van der Waals surface area contributed by atoms with Crippen molar-refractivity contribution < 1.29 is 9.63 Å². The standard InChI is InChI=1S/C18H21N5O2/c1-13-3-5-14(6-4-13)16-9-15(25-21-16)11-23-8-2-7-18(24,12-23)17-10-19-22-20-17/h3-6,9-10,24H,2,7-8,11-12H2,1H3,(H,19,20,22)/t18-/m0/s1. The quantitative estimate of drug-likeness (QED) is 0.757. The summed E-state index contributed by atoms with van der Waals surface area (Å²) in [6, 6.07) is 10.2. The first-order chi connectivity index (χ1) is 12.1. The molecule has 1 atom stereocenters. The molecule has 0 radical (unpaired) electrons. The molecule has 1 saturated heterocycles. The summed E-state index contributed by atoms with van der Waals surface area (Å²) in [5.41, 5.74) is 2.71. The van der Waals surface area contributed by atoms with Crippen LogP contribution in [-0.4, -0.2) is 43.7 Å². The molecule has 7 heteroatoms. The zero-order chi connectivity index (χ0) is 17.3. The Labute approximate surface area is 145 Å². The van der Waals surface area contributed by atoms with Crippen LogP contribution in [0.3, 0.4) is 0 Å². The maximum Gasteiger partial charge on any atom is 0.151 e. The predicted molar refractivity (Wildman–Crippen MR) is 91.5 cm³/mol. The SMILES string of the molecule is Cc1ccc(-c2cc(CN3CCC[C@@](O)(c4cn[nH]n4)C3)on2)cc1. The first kappa shape index (κ1) is 16.0. The third-order valence-corrected chi connectivity index (χ3v) is 4.73. The van der Waals surface area contributed by atoms with E-state index in [1.54, 1.807) is 6.20 Å². The predicted octanol–water partition coefficient (Wildman–Crippen LogP) is 2.25. The van der Waals surface area contributed by atoms with E-state index < -0.39 is 5.60 Å². The van der Waals surface area contributed by atoms with Crippen molar-refractivity contribution in [1.82, 2.24) is 25.5 Å². The van der Waals surface area contributed by atoms with Crippen LogP contribution in [0.2, 0.25) is 0 Å². The van der Waals surface area contributed by atoms with Gasteiger partial charge >= 0.3 is 0 Å². The fourth-order valence-electron chi connectivity index (χ4n) is 3.36. The number of rotatable bonds is 4. The van der Waals surface area contributed by atoms with Gasteiger partial charge in [-0.1, -0.05) is 35.0 Å². The molecule has 0 amide bonds. The highest BCUT2D eigenvalue weighted by atomic mass is 16.5. The number of likely N-dealkylation sites (tertiary alicyclic amines) is 1. The van der Waals surface area contributed by atoms with Crippen LogP contribution in [-0.2, 0) is 12.1 Å². The van der Waals surface area contributed by atoms with Crippen molar-refractivity contribution in [3.05, 3.63) is 53.5 Å². The third kappa shape index (κ3) is 3.33. The van der Waals surface area contributed by atoms with Crippen molar-refractivity contribution in [1.29, 1.82) is 0 Å². The lowest BCUT2D eigenvalue weighted by Crippen LogP contribution is -2.45. The maximum absolute atomic E-state index is 10.9. The van der Waals surface area contributed by atoms with Crippen LogP contribution in [0.15, 0.2) is 41.1 Å². The zero-order valence-corrected chi connectivity index (χ0v) is 14.1. The van der Waals surface area contributed by atoms with Crippen LogP contribution < -0.4 is 0 Å². The largest absolute Gasteiger partial charge is 0.382 e. The van der Waals surface area contributed by atoms with Gasteiger partial charge in [-0.2, -0.15) is 15.4 Å². The lowest BCUT2D eigenvalue weighted by atomic mass is 9.90. The van der Waals surface area contributed by atoms with E-state index in [1.165, 1.54) is 5.56 Å². The molecule has 2 N–H and O–H groups in total. The Kier molecular flexibility index (Phi) is 4.10. The highest BCUT2D eigenvalue weighted by molar-refractivity contribution is 5.59. The molecule has 1 fully saturated rings. The topological polar surface area (TPSA) is 91.1 Å². The average molecular weight is 339 g/mol. The van der Waals surface area contributed by atoms with Gasteiger partial charge in [0.2, 0.25) is 0 Å². The van der Waals surface area contributed by atoms with Gasteiger partial charge in [0.25, 0.3) is 0 Å². The lowest BCUT2D eigenvalue weighted by Gasteiger charge is -2.37. The fourth-order valence-corrected chi connectivity index (χ4v) is 3.36. The number of β-amino-alcohol motifs (C(OH)–C–C–N with tert-alkyl or cyclic N) is 1. The molecular weight excluding hydrogens is 318 g/mol. The molecule has 130 valence electrons. The number of nitrogens with one attached hydrogen (secondary N) is 1. The van der Waals surface area contributed by atoms with E-state index in [4.69, 9.17) is 4.52 Å². The van der Waals surface area contributed by atoms with E-state index in [-0.39, 0.29) is 0 Å². The molecule has 1 aromatic carbocycles. The molecule has 25 heavy (non-hydrogen) atoms. The summed E-state index contributed by atoms with van der Waals surface area (Å²) in [4.78, 5) is 2.16. The molecule has 2 aromatic heterocycles. The molecule has 0 saturated carbocycles. The monoisotopic (exact) mass is 339 g/mol. The van der Waals surface area contributed by atoms with E-state index in [2.05, 4.69) is 44.5 Å². The van der Waals surface area contributed by atoms with Crippen LogP contribution in [0.25, 0.3) is 11.3 Å². The third-order valence-electron chi connectivity index (χ3n) is 4.73. The van der Waals surface area contributed by atoms with Gasteiger partial charge in [0.05, 0.1) is 12.7 Å². The number of H-pyrrole nitrogens is 1. The van der Waals surface area contributed by atoms with Gasteiger partial charge in [0.15, 0.2) is 5.76 Å². The average Bonchev–Trinajstić information content (AvgIpc) is 3.28. The van der Waals surface area contributed by atoms with Crippen molar-refractivity contribution in [3.8, 4) is 11.3 Å². The van der Waals surface area contributed by atoms with Crippen molar-refractivity contribution in [3.63, 3.8) is 0 Å². The normalized spacial score (nSPS) is 21.5. The van der Waals surface area contributed by atoms with Gasteiger partial charge in [-0.3, -0.25) is 4.90 Å². The molecule has 1 aliphatic heterocycles. The Hall–Kier alpha value is -2.51. The number of benzene rings is 1. The minimum atomic E-state index is -0.967. The fraction of sp³-hybridized carbons (Fsp3) is 0.389. The Morgan fingerprint density at radius 3 is 2.92 bits per heavy atom. The molecule has 3 heterocycles.